The first kappa shape index (κ1) is 13.3. The summed E-state index contributed by atoms with van der Waals surface area (Å²) < 4.78 is 30.5. The second-order valence-corrected chi connectivity index (χ2v) is 3.78. The predicted molar refractivity (Wildman–Crippen MR) is 65.8 cm³/mol. The zero-order valence-corrected chi connectivity index (χ0v) is 9.96. The maximum Gasteiger partial charge on any atom is 0.387 e. The number of anilines is 1. The molecule has 0 radical (unpaired) electrons. The number of para-hydroxylation sites is 1. The van der Waals surface area contributed by atoms with Crippen molar-refractivity contribution in [2.45, 2.75) is 13.2 Å². The van der Waals surface area contributed by atoms with Crippen LogP contribution in [0.2, 0.25) is 0 Å². The molecule has 0 saturated heterocycles. The van der Waals surface area contributed by atoms with Crippen LogP contribution in [0.4, 0.5) is 14.6 Å². The van der Waals surface area contributed by atoms with Crippen molar-refractivity contribution in [1.82, 2.24) is 9.78 Å². The molecule has 19 heavy (non-hydrogen) atoms. The Bertz CT molecular complexity index is 558. The van der Waals surface area contributed by atoms with Crippen LogP contribution >= 0.6 is 0 Å². The molecule has 0 unspecified atom stereocenters. The molecule has 0 aliphatic carbocycles. The third-order valence-corrected chi connectivity index (χ3v) is 2.50. The number of aliphatic hydroxyl groups excluding tert-OH is 1. The number of ether oxygens (including phenoxy) is 1. The van der Waals surface area contributed by atoms with Crippen LogP contribution in [0.15, 0.2) is 30.3 Å². The summed E-state index contributed by atoms with van der Waals surface area (Å²) in [5.74, 6) is 0.377. The smallest absolute Gasteiger partial charge is 0.387 e. The molecule has 0 aliphatic rings. The Hall–Kier alpha value is -2.15. The molecule has 0 spiro atoms. The number of nitrogens with zero attached hydrogens (tertiary/aromatic N) is 2. The molecule has 2 rings (SSSR count). The first-order chi connectivity index (χ1) is 9.11. The molecule has 5 nitrogen and oxygen atoms in total. The van der Waals surface area contributed by atoms with Gasteiger partial charge in [-0.1, -0.05) is 12.1 Å². The molecule has 1 heterocycles. The van der Waals surface area contributed by atoms with E-state index < -0.39 is 6.61 Å². The minimum atomic E-state index is -2.90. The first-order valence-electron chi connectivity index (χ1n) is 5.60. The highest BCUT2D eigenvalue weighted by atomic mass is 19.3. The van der Waals surface area contributed by atoms with Gasteiger partial charge in [-0.15, -0.1) is 0 Å². The zero-order valence-electron chi connectivity index (χ0n) is 9.96. The zero-order chi connectivity index (χ0) is 13.8. The van der Waals surface area contributed by atoms with Crippen molar-refractivity contribution < 1.29 is 18.6 Å². The standard InChI is InChI=1S/C12H13F2N3O2/c13-12(14)19-10-4-2-1-3-8(10)9-7-11(15)17(16-9)5-6-18/h1-4,7,12,18H,5-6,15H2. The topological polar surface area (TPSA) is 73.3 Å². The number of aromatic nitrogens is 2. The fraction of sp³-hybridized carbons (Fsp3) is 0.250. The van der Waals surface area contributed by atoms with Gasteiger partial charge in [-0.05, 0) is 12.1 Å². The van der Waals surface area contributed by atoms with Crippen LogP contribution in [0.25, 0.3) is 11.3 Å². The van der Waals surface area contributed by atoms with Gasteiger partial charge in [0.15, 0.2) is 0 Å². The molecular weight excluding hydrogens is 256 g/mol. The van der Waals surface area contributed by atoms with E-state index in [1.165, 1.54) is 10.7 Å². The number of halogens is 2. The molecular formula is C12H13F2N3O2. The number of nitrogen functional groups attached to an aromatic ring is 1. The second-order valence-electron chi connectivity index (χ2n) is 3.78. The van der Waals surface area contributed by atoms with Crippen LogP contribution in [0.3, 0.4) is 0 Å². The van der Waals surface area contributed by atoms with Crippen LogP contribution in [-0.2, 0) is 6.54 Å². The van der Waals surface area contributed by atoms with Crippen molar-refractivity contribution in [3.63, 3.8) is 0 Å². The number of benzene rings is 1. The van der Waals surface area contributed by atoms with E-state index >= 15 is 0 Å². The Morgan fingerprint density at radius 1 is 1.37 bits per heavy atom. The van der Waals surface area contributed by atoms with E-state index in [0.717, 1.165) is 0 Å². The van der Waals surface area contributed by atoms with Gasteiger partial charge >= 0.3 is 6.61 Å². The van der Waals surface area contributed by atoms with Crippen LogP contribution in [0, 0.1) is 0 Å². The van der Waals surface area contributed by atoms with E-state index in [-0.39, 0.29) is 18.9 Å². The SMILES string of the molecule is Nc1cc(-c2ccccc2OC(F)F)nn1CCO. The number of hydrogen-bond acceptors (Lipinski definition) is 4. The van der Waals surface area contributed by atoms with Crippen LogP contribution in [-0.4, -0.2) is 28.1 Å². The third kappa shape index (κ3) is 3.00. The van der Waals surface area contributed by atoms with Crippen molar-refractivity contribution >= 4 is 5.82 Å². The Balaban J connectivity index is 2.38. The lowest BCUT2D eigenvalue weighted by Gasteiger charge is -2.08. The molecule has 1 aromatic carbocycles. The lowest BCUT2D eigenvalue weighted by molar-refractivity contribution is -0.0494. The minimum Gasteiger partial charge on any atom is -0.434 e. The Morgan fingerprint density at radius 2 is 2.11 bits per heavy atom. The predicted octanol–water partition coefficient (Wildman–Crippen LogP) is 1.73. The summed E-state index contributed by atoms with van der Waals surface area (Å²) in [5, 5.41) is 13.0. The molecule has 0 aliphatic heterocycles. The monoisotopic (exact) mass is 269 g/mol. The summed E-state index contributed by atoms with van der Waals surface area (Å²) in [4.78, 5) is 0. The molecule has 3 N–H and O–H groups in total. The normalized spacial score (nSPS) is 10.9. The molecule has 0 amide bonds. The van der Waals surface area contributed by atoms with Crippen molar-refractivity contribution in [2.24, 2.45) is 0 Å². The highest BCUT2D eigenvalue weighted by Gasteiger charge is 2.14. The Morgan fingerprint density at radius 3 is 2.79 bits per heavy atom. The molecule has 7 heteroatoms. The lowest BCUT2D eigenvalue weighted by Crippen LogP contribution is -2.07. The molecule has 0 fully saturated rings. The van der Waals surface area contributed by atoms with E-state index in [0.29, 0.717) is 17.1 Å². The average molecular weight is 269 g/mol. The first-order valence-corrected chi connectivity index (χ1v) is 5.60. The van der Waals surface area contributed by atoms with Crippen molar-refractivity contribution in [2.75, 3.05) is 12.3 Å². The Kier molecular flexibility index (Phi) is 3.96. The largest absolute Gasteiger partial charge is 0.434 e. The summed E-state index contributed by atoms with van der Waals surface area (Å²) in [7, 11) is 0. The van der Waals surface area contributed by atoms with Crippen molar-refractivity contribution in [1.29, 1.82) is 0 Å². The van der Waals surface area contributed by atoms with Crippen molar-refractivity contribution in [3.8, 4) is 17.0 Å². The van der Waals surface area contributed by atoms with Gasteiger partial charge in [-0.3, -0.25) is 0 Å². The quantitative estimate of drug-likeness (QED) is 0.867. The highest BCUT2D eigenvalue weighted by Crippen LogP contribution is 2.30. The number of alkyl halides is 2. The number of rotatable bonds is 5. The summed E-state index contributed by atoms with van der Waals surface area (Å²) in [6, 6.07) is 7.87. The van der Waals surface area contributed by atoms with Gasteiger partial charge in [0, 0.05) is 11.6 Å². The highest BCUT2D eigenvalue weighted by molar-refractivity contribution is 5.69. The molecule has 0 atom stereocenters. The number of nitrogens with two attached hydrogens (primary N) is 1. The van der Waals surface area contributed by atoms with E-state index in [4.69, 9.17) is 10.8 Å². The third-order valence-electron chi connectivity index (χ3n) is 2.50. The molecule has 0 saturated carbocycles. The maximum absolute atomic E-state index is 12.3. The maximum atomic E-state index is 12.3. The van der Waals surface area contributed by atoms with Gasteiger partial charge in [-0.25, -0.2) is 4.68 Å². The van der Waals surface area contributed by atoms with Crippen LogP contribution in [0.1, 0.15) is 0 Å². The van der Waals surface area contributed by atoms with Gasteiger partial charge in [0.1, 0.15) is 11.6 Å². The van der Waals surface area contributed by atoms with Gasteiger partial charge in [-0.2, -0.15) is 13.9 Å². The Labute approximate surface area is 108 Å². The average Bonchev–Trinajstić information content (AvgIpc) is 2.71. The summed E-state index contributed by atoms with van der Waals surface area (Å²) >= 11 is 0. The molecule has 1 aromatic heterocycles. The molecule has 0 bridgehead atoms. The van der Waals surface area contributed by atoms with Crippen molar-refractivity contribution in [3.05, 3.63) is 30.3 Å². The van der Waals surface area contributed by atoms with Crippen LogP contribution < -0.4 is 10.5 Å². The van der Waals surface area contributed by atoms with Crippen LogP contribution in [0.5, 0.6) is 5.75 Å². The van der Waals surface area contributed by atoms with E-state index in [9.17, 15) is 8.78 Å². The van der Waals surface area contributed by atoms with Gasteiger partial charge in [0.25, 0.3) is 0 Å². The van der Waals surface area contributed by atoms with Gasteiger partial charge in [0.05, 0.1) is 18.8 Å². The molecule has 102 valence electrons. The minimum absolute atomic E-state index is 0.0335. The van der Waals surface area contributed by atoms with E-state index in [2.05, 4.69) is 9.84 Å². The summed E-state index contributed by atoms with van der Waals surface area (Å²) in [5.41, 5.74) is 6.56. The summed E-state index contributed by atoms with van der Waals surface area (Å²) in [6.45, 7) is -2.78. The number of aliphatic hydroxyl groups is 1. The number of hydrogen-bond donors (Lipinski definition) is 2. The second kappa shape index (κ2) is 5.66. The fourth-order valence-corrected chi connectivity index (χ4v) is 1.71. The van der Waals surface area contributed by atoms with Gasteiger partial charge < -0.3 is 15.6 Å². The lowest BCUT2D eigenvalue weighted by atomic mass is 10.1. The summed E-state index contributed by atoms with van der Waals surface area (Å²) in [6.07, 6.45) is 0. The van der Waals surface area contributed by atoms with E-state index in [1.807, 2.05) is 0 Å². The van der Waals surface area contributed by atoms with E-state index in [1.54, 1.807) is 24.3 Å². The molecule has 2 aromatic rings. The fourth-order valence-electron chi connectivity index (χ4n) is 1.71. The van der Waals surface area contributed by atoms with Gasteiger partial charge in [0.2, 0.25) is 0 Å².